The lowest BCUT2D eigenvalue weighted by Gasteiger charge is -2.33. The Morgan fingerprint density at radius 1 is 1.16 bits per heavy atom. The number of anilines is 1. The van der Waals surface area contributed by atoms with Gasteiger partial charge in [-0.3, -0.25) is 4.79 Å². The molecule has 3 heteroatoms. The van der Waals surface area contributed by atoms with Crippen LogP contribution in [0.3, 0.4) is 0 Å². The normalized spacial score (nSPS) is 16.5. The molecule has 1 aliphatic rings. The summed E-state index contributed by atoms with van der Waals surface area (Å²) < 4.78 is 5.51. The Hall–Kier alpha value is -1.51. The van der Waals surface area contributed by atoms with E-state index >= 15 is 0 Å². The van der Waals surface area contributed by atoms with Crippen LogP contribution < -0.4 is 9.64 Å². The zero-order valence-electron chi connectivity index (χ0n) is 12.3. The summed E-state index contributed by atoms with van der Waals surface area (Å²) in [5.74, 6) is 1.32. The van der Waals surface area contributed by atoms with Crippen molar-refractivity contribution in [1.82, 2.24) is 0 Å². The fraction of sp³-hybridized carbons (Fsp3) is 0.562. The summed E-state index contributed by atoms with van der Waals surface area (Å²) in [7, 11) is 3.82. The van der Waals surface area contributed by atoms with Crippen LogP contribution in [0, 0.1) is 13.8 Å². The van der Waals surface area contributed by atoms with Crippen LogP contribution in [0.25, 0.3) is 0 Å². The Balaban J connectivity index is 2.25. The summed E-state index contributed by atoms with van der Waals surface area (Å²) in [6.07, 6.45) is 3.32. The molecule has 104 valence electrons. The molecule has 0 spiro atoms. The Morgan fingerprint density at radius 3 is 2.32 bits per heavy atom. The Labute approximate surface area is 115 Å². The van der Waals surface area contributed by atoms with Crippen molar-refractivity contribution in [1.29, 1.82) is 0 Å². The molecule has 0 aliphatic heterocycles. The number of benzene rings is 1. The number of methoxy groups -OCH3 is 1. The molecule has 0 aromatic heterocycles. The van der Waals surface area contributed by atoms with E-state index in [1.807, 2.05) is 0 Å². The van der Waals surface area contributed by atoms with E-state index in [0.29, 0.717) is 24.7 Å². The smallest absolute Gasteiger partial charge is 0.142 e. The summed E-state index contributed by atoms with van der Waals surface area (Å²) in [6.45, 7) is 4.22. The highest BCUT2D eigenvalue weighted by Gasteiger charge is 2.24. The number of ketones is 1. The number of hydrogen-bond acceptors (Lipinski definition) is 3. The van der Waals surface area contributed by atoms with Gasteiger partial charge in [0.1, 0.15) is 11.5 Å². The van der Waals surface area contributed by atoms with Crippen molar-refractivity contribution in [3.8, 4) is 5.75 Å². The molecule has 0 atom stereocenters. The van der Waals surface area contributed by atoms with Gasteiger partial charge in [0.15, 0.2) is 0 Å². The molecule has 0 bridgehead atoms. The summed E-state index contributed by atoms with van der Waals surface area (Å²) in [6, 6.07) is 4.72. The molecule has 0 radical (unpaired) electrons. The Morgan fingerprint density at radius 2 is 1.74 bits per heavy atom. The number of carbonyl (C=O) groups excluding carboxylic acids is 1. The minimum Gasteiger partial charge on any atom is -0.495 e. The summed E-state index contributed by atoms with van der Waals surface area (Å²) in [4.78, 5) is 13.6. The number of Topliss-reactive ketones (excluding diaryl/α,β-unsaturated/α-hetero) is 1. The third-order valence-corrected chi connectivity index (χ3v) is 4.24. The van der Waals surface area contributed by atoms with E-state index in [1.54, 1.807) is 7.11 Å². The number of aryl methyl sites for hydroxylation is 2. The molecule has 1 saturated carbocycles. The molecular weight excluding hydrogens is 238 g/mol. The van der Waals surface area contributed by atoms with E-state index in [2.05, 4.69) is 37.9 Å². The average Bonchev–Trinajstić information content (AvgIpc) is 2.41. The highest BCUT2D eigenvalue weighted by molar-refractivity contribution is 5.79. The van der Waals surface area contributed by atoms with Crippen molar-refractivity contribution in [2.45, 2.75) is 45.6 Å². The molecule has 0 N–H and O–H groups in total. The van der Waals surface area contributed by atoms with Gasteiger partial charge in [-0.25, -0.2) is 0 Å². The SMILES string of the molecule is COc1cc(C)c(C)cc1N(C)C1CCC(=O)CC1. The van der Waals surface area contributed by atoms with Crippen LogP contribution >= 0.6 is 0 Å². The fourth-order valence-electron chi connectivity index (χ4n) is 2.72. The summed E-state index contributed by atoms with van der Waals surface area (Å²) >= 11 is 0. The van der Waals surface area contributed by atoms with Gasteiger partial charge in [0.25, 0.3) is 0 Å². The van der Waals surface area contributed by atoms with Crippen LogP contribution in [0.1, 0.15) is 36.8 Å². The van der Waals surface area contributed by atoms with Crippen molar-refractivity contribution < 1.29 is 9.53 Å². The number of ether oxygens (including phenoxy) is 1. The maximum atomic E-state index is 11.3. The zero-order valence-corrected chi connectivity index (χ0v) is 12.3. The lowest BCUT2D eigenvalue weighted by molar-refractivity contribution is -0.120. The molecular formula is C16H23NO2. The molecule has 0 amide bonds. The predicted octanol–water partition coefficient (Wildman–Crippen LogP) is 3.26. The van der Waals surface area contributed by atoms with Crippen molar-refractivity contribution in [3.05, 3.63) is 23.3 Å². The molecule has 0 unspecified atom stereocenters. The van der Waals surface area contributed by atoms with Gasteiger partial charge in [0, 0.05) is 25.9 Å². The first kappa shape index (κ1) is 13.9. The second kappa shape index (κ2) is 5.64. The maximum Gasteiger partial charge on any atom is 0.142 e. The zero-order chi connectivity index (χ0) is 14.0. The standard InChI is InChI=1S/C16H23NO2/c1-11-9-15(16(19-4)10-12(11)2)17(3)13-5-7-14(18)8-6-13/h9-10,13H,5-8H2,1-4H3. The average molecular weight is 261 g/mol. The van der Waals surface area contributed by atoms with Gasteiger partial charge < -0.3 is 9.64 Å². The third-order valence-electron chi connectivity index (χ3n) is 4.24. The van der Waals surface area contributed by atoms with Crippen molar-refractivity contribution in [2.75, 3.05) is 19.1 Å². The third kappa shape index (κ3) is 2.91. The van der Waals surface area contributed by atoms with E-state index in [-0.39, 0.29) is 0 Å². The van der Waals surface area contributed by atoms with Crippen LogP contribution in [0.4, 0.5) is 5.69 Å². The van der Waals surface area contributed by atoms with Gasteiger partial charge in [-0.15, -0.1) is 0 Å². The number of carbonyl (C=O) groups is 1. The van der Waals surface area contributed by atoms with Gasteiger partial charge >= 0.3 is 0 Å². The quantitative estimate of drug-likeness (QED) is 0.836. The van der Waals surface area contributed by atoms with Gasteiger partial charge in [0.2, 0.25) is 0 Å². The van der Waals surface area contributed by atoms with E-state index in [0.717, 1.165) is 24.3 Å². The number of nitrogens with zero attached hydrogens (tertiary/aromatic N) is 1. The van der Waals surface area contributed by atoms with Gasteiger partial charge in [0.05, 0.1) is 12.8 Å². The molecule has 1 aromatic rings. The van der Waals surface area contributed by atoms with E-state index < -0.39 is 0 Å². The minimum absolute atomic E-state index is 0.400. The lowest BCUT2D eigenvalue weighted by atomic mass is 9.93. The Bertz CT molecular complexity index is 472. The summed E-state index contributed by atoms with van der Waals surface area (Å²) in [5.41, 5.74) is 3.65. The molecule has 0 saturated heterocycles. The van der Waals surface area contributed by atoms with Crippen LogP contribution in [0.2, 0.25) is 0 Å². The van der Waals surface area contributed by atoms with Crippen molar-refractivity contribution in [2.24, 2.45) is 0 Å². The Kier molecular flexibility index (Phi) is 4.13. The van der Waals surface area contributed by atoms with Gasteiger partial charge in [-0.05, 0) is 49.9 Å². The second-order valence-electron chi connectivity index (χ2n) is 5.49. The maximum absolute atomic E-state index is 11.3. The summed E-state index contributed by atoms with van der Waals surface area (Å²) in [5, 5.41) is 0. The topological polar surface area (TPSA) is 29.5 Å². The number of hydrogen-bond donors (Lipinski definition) is 0. The lowest BCUT2D eigenvalue weighted by Crippen LogP contribution is -2.35. The van der Waals surface area contributed by atoms with E-state index in [9.17, 15) is 4.79 Å². The van der Waals surface area contributed by atoms with Crippen LogP contribution in [-0.4, -0.2) is 26.0 Å². The molecule has 19 heavy (non-hydrogen) atoms. The second-order valence-corrected chi connectivity index (χ2v) is 5.49. The largest absolute Gasteiger partial charge is 0.495 e. The van der Waals surface area contributed by atoms with Crippen molar-refractivity contribution in [3.63, 3.8) is 0 Å². The van der Waals surface area contributed by atoms with Crippen molar-refractivity contribution >= 4 is 11.5 Å². The highest BCUT2D eigenvalue weighted by Crippen LogP contribution is 2.34. The van der Waals surface area contributed by atoms with E-state index in [1.165, 1.54) is 11.1 Å². The molecule has 1 aliphatic carbocycles. The first-order valence-corrected chi connectivity index (χ1v) is 6.92. The van der Waals surface area contributed by atoms with Gasteiger partial charge in [-0.2, -0.15) is 0 Å². The monoisotopic (exact) mass is 261 g/mol. The molecule has 2 rings (SSSR count). The van der Waals surface area contributed by atoms with E-state index in [4.69, 9.17) is 4.74 Å². The fourth-order valence-corrected chi connectivity index (χ4v) is 2.72. The van der Waals surface area contributed by atoms with Crippen LogP contribution in [0.5, 0.6) is 5.75 Å². The van der Waals surface area contributed by atoms with Crippen LogP contribution in [0.15, 0.2) is 12.1 Å². The molecule has 1 fully saturated rings. The molecule has 0 heterocycles. The molecule has 3 nitrogen and oxygen atoms in total. The number of rotatable bonds is 3. The van der Waals surface area contributed by atoms with Gasteiger partial charge in [-0.1, -0.05) is 0 Å². The first-order chi connectivity index (χ1) is 9.02. The highest BCUT2D eigenvalue weighted by atomic mass is 16.5. The minimum atomic E-state index is 0.400. The van der Waals surface area contributed by atoms with Crippen LogP contribution in [-0.2, 0) is 4.79 Å². The predicted molar refractivity (Wildman–Crippen MR) is 78.1 cm³/mol. The molecule has 1 aromatic carbocycles. The first-order valence-electron chi connectivity index (χ1n) is 6.92.